The lowest BCUT2D eigenvalue weighted by molar-refractivity contribution is 0.112. The van der Waals surface area contributed by atoms with Crippen molar-refractivity contribution >= 4 is 6.29 Å². The van der Waals surface area contributed by atoms with Gasteiger partial charge in [-0.2, -0.15) is 0 Å². The minimum Gasteiger partial charge on any atom is -0.494 e. The third-order valence-electron chi connectivity index (χ3n) is 1.63. The van der Waals surface area contributed by atoms with Crippen LogP contribution in [0.1, 0.15) is 22.8 Å². The van der Waals surface area contributed by atoms with E-state index in [1.54, 1.807) is 6.07 Å². The molecule has 0 aliphatic rings. The summed E-state index contributed by atoms with van der Waals surface area (Å²) >= 11 is 0. The molecule has 2 nitrogen and oxygen atoms in total. The number of hydrogen-bond donors (Lipinski definition) is 0. The van der Waals surface area contributed by atoms with Gasteiger partial charge in [0.1, 0.15) is 12.0 Å². The molecule has 0 unspecified atom stereocenters. The maximum absolute atomic E-state index is 10.4. The van der Waals surface area contributed by atoms with E-state index in [0.29, 0.717) is 12.2 Å². The lowest BCUT2D eigenvalue weighted by Gasteiger charge is -2.06. The van der Waals surface area contributed by atoms with Gasteiger partial charge in [0, 0.05) is 5.56 Å². The van der Waals surface area contributed by atoms with Crippen molar-refractivity contribution in [3.63, 3.8) is 0 Å². The van der Waals surface area contributed by atoms with Crippen LogP contribution in [0, 0.1) is 6.92 Å². The molecule has 0 fully saturated rings. The maximum Gasteiger partial charge on any atom is 0.150 e. The molecule has 0 aliphatic carbocycles. The number of aryl methyl sites for hydroxylation is 1. The van der Waals surface area contributed by atoms with Gasteiger partial charge in [-0.05, 0) is 37.6 Å². The van der Waals surface area contributed by atoms with Crippen molar-refractivity contribution in [3.8, 4) is 5.75 Å². The van der Waals surface area contributed by atoms with Crippen LogP contribution in [0.2, 0.25) is 0 Å². The number of hydrogen-bond acceptors (Lipinski definition) is 2. The van der Waals surface area contributed by atoms with E-state index in [4.69, 9.17) is 4.74 Å². The van der Waals surface area contributed by atoms with E-state index in [1.165, 1.54) is 0 Å². The van der Waals surface area contributed by atoms with Crippen LogP contribution in [-0.4, -0.2) is 12.9 Å². The highest BCUT2D eigenvalue weighted by Crippen LogP contribution is 2.17. The first-order valence-corrected chi connectivity index (χ1v) is 3.96. The van der Waals surface area contributed by atoms with Crippen molar-refractivity contribution in [3.05, 3.63) is 29.3 Å². The van der Waals surface area contributed by atoms with Gasteiger partial charge in [-0.15, -0.1) is 0 Å². The summed E-state index contributed by atoms with van der Waals surface area (Å²) in [5.74, 6) is 0.850. The second kappa shape index (κ2) is 3.90. The average molecular weight is 164 g/mol. The minimum absolute atomic E-state index is 0.654. The summed E-state index contributed by atoms with van der Waals surface area (Å²) in [6.07, 6.45) is 0.836. The number of aldehydes is 1. The normalized spacial score (nSPS) is 9.50. The molecule has 0 saturated heterocycles. The van der Waals surface area contributed by atoms with Gasteiger partial charge < -0.3 is 4.74 Å². The lowest BCUT2D eigenvalue weighted by Crippen LogP contribution is -1.94. The van der Waals surface area contributed by atoms with Gasteiger partial charge in [0.05, 0.1) is 6.61 Å². The van der Waals surface area contributed by atoms with Crippen LogP contribution in [0.3, 0.4) is 0 Å². The summed E-state index contributed by atoms with van der Waals surface area (Å²) in [5.41, 5.74) is 1.69. The fourth-order valence-electron chi connectivity index (χ4n) is 1.06. The van der Waals surface area contributed by atoms with E-state index >= 15 is 0 Å². The monoisotopic (exact) mass is 164 g/mol. The molecule has 1 aromatic carbocycles. The van der Waals surface area contributed by atoms with Crippen molar-refractivity contribution in [1.82, 2.24) is 0 Å². The molecule has 0 atom stereocenters. The summed E-state index contributed by atoms with van der Waals surface area (Å²) in [6, 6.07) is 5.39. The zero-order valence-corrected chi connectivity index (χ0v) is 7.33. The Morgan fingerprint density at radius 2 is 2.25 bits per heavy atom. The van der Waals surface area contributed by atoms with Gasteiger partial charge in [0.2, 0.25) is 0 Å². The predicted octanol–water partition coefficient (Wildman–Crippen LogP) is 2.21. The van der Waals surface area contributed by atoms with E-state index in [1.807, 2.05) is 26.0 Å². The minimum atomic E-state index is 0.654. The van der Waals surface area contributed by atoms with Crippen molar-refractivity contribution in [2.45, 2.75) is 13.8 Å². The highest BCUT2D eigenvalue weighted by atomic mass is 16.5. The molecule has 0 radical (unpaired) electrons. The fraction of sp³-hybridized carbons (Fsp3) is 0.300. The number of ether oxygens (including phenoxy) is 1. The Morgan fingerprint density at radius 3 is 2.75 bits per heavy atom. The molecule has 0 heterocycles. The third kappa shape index (κ3) is 1.84. The van der Waals surface area contributed by atoms with E-state index in [0.717, 1.165) is 17.6 Å². The Balaban J connectivity index is 2.94. The molecule has 0 saturated carbocycles. The van der Waals surface area contributed by atoms with Gasteiger partial charge in [-0.3, -0.25) is 4.79 Å². The summed E-state index contributed by atoms with van der Waals surface area (Å²) in [5, 5.41) is 0. The fourth-order valence-corrected chi connectivity index (χ4v) is 1.06. The molecule has 0 bridgehead atoms. The molecule has 0 spiro atoms. The summed E-state index contributed by atoms with van der Waals surface area (Å²) in [4.78, 5) is 10.4. The molecule has 1 rings (SSSR count). The highest BCUT2D eigenvalue weighted by Gasteiger charge is 1.98. The van der Waals surface area contributed by atoms with Gasteiger partial charge in [0.25, 0.3) is 0 Å². The number of benzene rings is 1. The molecule has 12 heavy (non-hydrogen) atoms. The first-order chi connectivity index (χ1) is 5.77. The first-order valence-electron chi connectivity index (χ1n) is 3.96. The smallest absolute Gasteiger partial charge is 0.150 e. The summed E-state index contributed by atoms with van der Waals surface area (Å²) in [7, 11) is 0. The van der Waals surface area contributed by atoms with E-state index in [9.17, 15) is 4.79 Å². The van der Waals surface area contributed by atoms with Crippen LogP contribution in [0.25, 0.3) is 0 Å². The Hall–Kier alpha value is -1.31. The molecule has 0 aromatic heterocycles. The Bertz CT molecular complexity index is 279. The van der Waals surface area contributed by atoms with Crippen molar-refractivity contribution in [1.29, 1.82) is 0 Å². The predicted molar refractivity (Wildman–Crippen MR) is 47.7 cm³/mol. The molecule has 0 amide bonds. The Labute approximate surface area is 72.2 Å². The number of rotatable bonds is 3. The second-order valence-electron chi connectivity index (χ2n) is 2.58. The van der Waals surface area contributed by atoms with Gasteiger partial charge in [-0.1, -0.05) is 0 Å². The van der Waals surface area contributed by atoms with E-state index < -0.39 is 0 Å². The number of carbonyl (C=O) groups is 1. The second-order valence-corrected chi connectivity index (χ2v) is 2.58. The standard InChI is InChI=1S/C10H12O2/c1-3-12-10-5-4-9(7-11)6-8(10)2/h4-7H,3H2,1-2H3. The van der Waals surface area contributed by atoms with Crippen molar-refractivity contribution < 1.29 is 9.53 Å². The van der Waals surface area contributed by atoms with Crippen LogP contribution in [0.15, 0.2) is 18.2 Å². The average Bonchev–Trinajstić information content (AvgIpc) is 2.09. The van der Waals surface area contributed by atoms with Gasteiger partial charge in [0.15, 0.2) is 0 Å². The Kier molecular flexibility index (Phi) is 2.86. The van der Waals surface area contributed by atoms with Gasteiger partial charge >= 0.3 is 0 Å². The van der Waals surface area contributed by atoms with Crippen molar-refractivity contribution in [2.24, 2.45) is 0 Å². The quantitative estimate of drug-likeness (QED) is 0.640. The van der Waals surface area contributed by atoms with E-state index in [-0.39, 0.29) is 0 Å². The number of carbonyl (C=O) groups excluding carboxylic acids is 1. The Morgan fingerprint density at radius 1 is 1.50 bits per heavy atom. The van der Waals surface area contributed by atoms with Gasteiger partial charge in [-0.25, -0.2) is 0 Å². The van der Waals surface area contributed by atoms with Crippen LogP contribution in [0.4, 0.5) is 0 Å². The molecule has 2 heteroatoms. The molecule has 1 aromatic rings. The molecular weight excluding hydrogens is 152 g/mol. The molecule has 64 valence electrons. The molecule has 0 N–H and O–H groups in total. The maximum atomic E-state index is 10.4. The third-order valence-corrected chi connectivity index (χ3v) is 1.63. The summed E-state index contributed by atoms with van der Waals surface area (Å²) < 4.78 is 5.32. The molecular formula is C10H12O2. The lowest BCUT2D eigenvalue weighted by atomic mass is 10.1. The van der Waals surface area contributed by atoms with Crippen molar-refractivity contribution in [2.75, 3.05) is 6.61 Å². The molecule has 0 aliphatic heterocycles. The van der Waals surface area contributed by atoms with Crippen LogP contribution < -0.4 is 4.74 Å². The van der Waals surface area contributed by atoms with Crippen LogP contribution in [0.5, 0.6) is 5.75 Å². The topological polar surface area (TPSA) is 26.3 Å². The van der Waals surface area contributed by atoms with E-state index in [2.05, 4.69) is 0 Å². The van der Waals surface area contributed by atoms with Crippen LogP contribution in [-0.2, 0) is 0 Å². The SMILES string of the molecule is CCOc1ccc(C=O)cc1C. The zero-order valence-electron chi connectivity index (χ0n) is 7.33. The largest absolute Gasteiger partial charge is 0.494 e. The zero-order chi connectivity index (χ0) is 8.97. The summed E-state index contributed by atoms with van der Waals surface area (Å²) in [6.45, 7) is 4.52. The first kappa shape index (κ1) is 8.78. The highest BCUT2D eigenvalue weighted by molar-refractivity contribution is 5.75. The van der Waals surface area contributed by atoms with Crippen LogP contribution >= 0.6 is 0 Å².